The van der Waals surface area contributed by atoms with Crippen molar-refractivity contribution in [1.82, 2.24) is 0 Å². The lowest BCUT2D eigenvalue weighted by molar-refractivity contribution is 1.50. The predicted octanol–water partition coefficient (Wildman–Crippen LogP) is 4.52. The van der Waals surface area contributed by atoms with Gasteiger partial charge in [-0.25, -0.2) is 0 Å². The topological polar surface area (TPSA) is 0 Å². The summed E-state index contributed by atoms with van der Waals surface area (Å²) < 4.78 is 0. The minimum Gasteiger partial charge on any atom is -0.132 e. The number of allylic oxidation sites excluding steroid dienone is 2. The van der Waals surface area contributed by atoms with E-state index < -0.39 is 0 Å². The first-order valence-corrected chi connectivity index (χ1v) is 6.64. The zero-order chi connectivity index (χ0) is 11.1. The van der Waals surface area contributed by atoms with Gasteiger partial charge in [-0.15, -0.1) is 8.19 Å². The highest BCUT2D eigenvalue weighted by Crippen LogP contribution is 2.43. The Morgan fingerprint density at radius 1 is 1.00 bits per heavy atom. The molecule has 0 bridgehead atoms. The van der Waals surface area contributed by atoms with E-state index in [0.29, 0.717) is 0 Å². The highest BCUT2D eigenvalue weighted by Gasteiger charge is 2.20. The third-order valence-electron chi connectivity index (χ3n) is 3.29. The lowest BCUT2D eigenvalue weighted by Gasteiger charge is -2.03. The fourth-order valence-electron chi connectivity index (χ4n) is 2.37. The van der Waals surface area contributed by atoms with Gasteiger partial charge in [-0.2, -0.15) is 0 Å². The summed E-state index contributed by atoms with van der Waals surface area (Å²) in [6.45, 7) is 4.45. The standard InChI is InChI=1S/C15H14P/c1-10-7-8-16-15(10)14-9-12-5-3-4-6-13(12)11(14)2/h3-9,16H,1-2H3. The Hall–Kier alpha value is -1.26. The molecule has 79 valence electrons. The quantitative estimate of drug-likeness (QED) is 0.669. The molecule has 1 heteroatoms. The molecule has 0 aliphatic heterocycles. The maximum absolute atomic E-state index is 2.34. The van der Waals surface area contributed by atoms with Gasteiger partial charge < -0.3 is 0 Å². The Balaban J connectivity index is 2.15. The first kappa shape index (κ1) is 9.93. The molecular formula is C15H14P. The molecule has 1 aromatic heterocycles. The van der Waals surface area contributed by atoms with E-state index in [9.17, 15) is 0 Å². The molecule has 1 aliphatic rings. The third kappa shape index (κ3) is 1.37. The first-order chi connectivity index (χ1) is 7.77. The van der Waals surface area contributed by atoms with Crippen LogP contribution in [0.25, 0.3) is 11.1 Å². The predicted molar refractivity (Wildman–Crippen MR) is 73.0 cm³/mol. The van der Waals surface area contributed by atoms with Crippen molar-refractivity contribution in [3.8, 4) is 0 Å². The molecule has 1 radical (unpaired) electrons. The fourth-order valence-corrected chi connectivity index (χ4v) is 3.60. The van der Waals surface area contributed by atoms with Crippen LogP contribution in [-0.4, -0.2) is 0 Å². The van der Waals surface area contributed by atoms with E-state index in [2.05, 4.69) is 56.4 Å². The molecule has 0 saturated carbocycles. The van der Waals surface area contributed by atoms with Crippen molar-refractivity contribution in [3.05, 3.63) is 64.5 Å². The minimum absolute atomic E-state index is 0.838. The van der Waals surface area contributed by atoms with E-state index in [0.717, 1.165) is 8.19 Å². The largest absolute Gasteiger partial charge is 0.132 e. The zero-order valence-electron chi connectivity index (χ0n) is 9.54. The van der Waals surface area contributed by atoms with Gasteiger partial charge in [-0.05, 0) is 52.8 Å². The van der Waals surface area contributed by atoms with Crippen LogP contribution in [0, 0.1) is 13.3 Å². The lowest BCUT2D eigenvalue weighted by atomic mass is 10.1. The second-order valence-electron chi connectivity index (χ2n) is 4.31. The monoisotopic (exact) mass is 225 g/mol. The molecule has 0 amide bonds. The fraction of sp³-hybridized carbons (Fsp3) is 0.133. The van der Waals surface area contributed by atoms with Gasteiger partial charge in [0.05, 0.1) is 0 Å². The molecule has 1 unspecified atom stereocenters. The third-order valence-corrected chi connectivity index (χ3v) is 4.58. The second-order valence-corrected chi connectivity index (χ2v) is 5.43. The van der Waals surface area contributed by atoms with Gasteiger partial charge in [-0.3, -0.25) is 0 Å². The Morgan fingerprint density at radius 3 is 2.50 bits per heavy atom. The summed E-state index contributed by atoms with van der Waals surface area (Å²) in [5.41, 5.74) is 7.07. The van der Waals surface area contributed by atoms with Gasteiger partial charge in [-0.1, -0.05) is 30.3 Å². The van der Waals surface area contributed by atoms with Gasteiger partial charge in [0.1, 0.15) is 0 Å². The van der Waals surface area contributed by atoms with E-state index >= 15 is 0 Å². The molecule has 0 N–H and O–H groups in total. The van der Waals surface area contributed by atoms with Crippen molar-refractivity contribution >= 4 is 19.3 Å². The number of hydrogen-bond donors (Lipinski definition) is 0. The Kier molecular flexibility index (Phi) is 2.26. The van der Waals surface area contributed by atoms with Crippen LogP contribution in [0.15, 0.2) is 36.1 Å². The first-order valence-electron chi connectivity index (χ1n) is 5.57. The molecule has 1 atom stereocenters. The van der Waals surface area contributed by atoms with Gasteiger partial charge in [0, 0.05) is 6.42 Å². The molecule has 1 heterocycles. The summed E-state index contributed by atoms with van der Waals surface area (Å²) in [5.74, 6) is 2.28. The summed E-state index contributed by atoms with van der Waals surface area (Å²) in [4.78, 5) is 0. The van der Waals surface area contributed by atoms with Crippen molar-refractivity contribution in [3.63, 3.8) is 0 Å². The minimum atomic E-state index is 0.838. The van der Waals surface area contributed by atoms with Crippen LogP contribution in [0.2, 0.25) is 0 Å². The van der Waals surface area contributed by atoms with E-state index in [1.54, 1.807) is 0 Å². The molecule has 1 aromatic carbocycles. The molecule has 2 aromatic rings. The zero-order valence-corrected chi connectivity index (χ0v) is 10.5. The normalized spacial score (nSPS) is 14.9. The second kappa shape index (κ2) is 3.64. The summed E-state index contributed by atoms with van der Waals surface area (Å²) in [5, 5.41) is 1.52. The molecule has 0 spiro atoms. The SMILES string of the molecule is CC1=C(c2[pH]ccc2C)[CH]c2ccccc21. The van der Waals surface area contributed by atoms with Gasteiger partial charge in [0.15, 0.2) is 0 Å². The lowest BCUT2D eigenvalue weighted by Crippen LogP contribution is -1.81. The number of rotatable bonds is 1. The number of benzene rings is 1. The molecule has 3 rings (SSSR count). The van der Waals surface area contributed by atoms with Crippen LogP contribution >= 0.6 is 8.19 Å². The van der Waals surface area contributed by atoms with Crippen molar-refractivity contribution < 1.29 is 0 Å². The van der Waals surface area contributed by atoms with Crippen LogP contribution < -0.4 is 0 Å². The van der Waals surface area contributed by atoms with Crippen LogP contribution in [0.3, 0.4) is 0 Å². The molecular weight excluding hydrogens is 211 g/mol. The molecule has 0 fully saturated rings. The van der Waals surface area contributed by atoms with E-state index in [1.165, 1.54) is 33.1 Å². The maximum atomic E-state index is 2.34. The Bertz CT molecular complexity index is 573. The van der Waals surface area contributed by atoms with Gasteiger partial charge in [0.25, 0.3) is 0 Å². The Labute approximate surface area is 98.1 Å². The van der Waals surface area contributed by atoms with E-state index in [4.69, 9.17) is 0 Å². The van der Waals surface area contributed by atoms with Gasteiger partial charge in [0.2, 0.25) is 0 Å². The summed E-state index contributed by atoms with van der Waals surface area (Å²) in [6, 6.07) is 10.9. The summed E-state index contributed by atoms with van der Waals surface area (Å²) in [6.07, 6.45) is 2.34. The van der Waals surface area contributed by atoms with Crippen molar-refractivity contribution in [2.45, 2.75) is 13.8 Å². The van der Waals surface area contributed by atoms with Crippen molar-refractivity contribution in [2.75, 3.05) is 0 Å². The number of hydrogen-bond acceptors (Lipinski definition) is 0. The average molecular weight is 225 g/mol. The number of fused-ring (bicyclic) bond motifs is 1. The van der Waals surface area contributed by atoms with Crippen LogP contribution in [0.1, 0.15) is 28.9 Å². The maximum Gasteiger partial charge on any atom is 0.0217 e. The van der Waals surface area contributed by atoms with Crippen LogP contribution in [0.4, 0.5) is 0 Å². The summed E-state index contributed by atoms with van der Waals surface area (Å²) in [7, 11) is 0.838. The highest BCUT2D eigenvalue weighted by molar-refractivity contribution is 7.31. The molecule has 0 saturated heterocycles. The van der Waals surface area contributed by atoms with Crippen molar-refractivity contribution in [2.24, 2.45) is 0 Å². The van der Waals surface area contributed by atoms with Crippen LogP contribution in [-0.2, 0) is 0 Å². The van der Waals surface area contributed by atoms with E-state index in [-0.39, 0.29) is 0 Å². The van der Waals surface area contributed by atoms with Gasteiger partial charge >= 0.3 is 0 Å². The van der Waals surface area contributed by atoms with E-state index in [1.807, 2.05) is 0 Å². The van der Waals surface area contributed by atoms with Crippen molar-refractivity contribution in [1.29, 1.82) is 0 Å². The van der Waals surface area contributed by atoms with Crippen LogP contribution in [0.5, 0.6) is 0 Å². The Morgan fingerprint density at radius 2 is 1.81 bits per heavy atom. The molecule has 1 aliphatic carbocycles. The average Bonchev–Trinajstić information content (AvgIpc) is 2.84. The molecule has 16 heavy (non-hydrogen) atoms. The smallest absolute Gasteiger partial charge is 0.0217 e. The highest BCUT2D eigenvalue weighted by atomic mass is 31.0. The number of aryl methyl sites for hydroxylation is 1. The summed E-state index contributed by atoms with van der Waals surface area (Å²) >= 11 is 0. The molecule has 0 nitrogen and oxygen atoms in total.